The number of fused-ring (bicyclic) bond motifs is 1. The smallest absolute Gasteiger partial charge is 0.143 e. The lowest BCUT2D eigenvalue weighted by molar-refractivity contribution is -0.123. The Morgan fingerprint density at radius 2 is 2.05 bits per heavy atom. The van der Waals surface area contributed by atoms with Gasteiger partial charge in [0.05, 0.1) is 23.1 Å². The zero-order chi connectivity index (χ0) is 15.5. The van der Waals surface area contributed by atoms with Gasteiger partial charge in [0.25, 0.3) is 0 Å². The quantitative estimate of drug-likeness (QED) is 0.784. The first-order valence-corrected chi connectivity index (χ1v) is 7.48. The van der Waals surface area contributed by atoms with Gasteiger partial charge in [0.1, 0.15) is 11.6 Å². The van der Waals surface area contributed by atoms with Crippen LogP contribution in [0.4, 0.5) is 0 Å². The highest BCUT2D eigenvalue weighted by Gasteiger charge is 2.22. The van der Waals surface area contributed by atoms with E-state index in [1.54, 1.807) is 7.11 Å². The highest BCUT2D eigenvalue weighted by atomic mass is 16.5. The third kappa shape index (κ3) is 3.70. The number of aromatic nitrogens is 2. The number of methoxy groups -OCH3 is 1. The molecule has 0 saturated carbocycles. The first-order valence-electron chi connectivity index (χ1n) is 7.48. The predicted octanol–water partition coefficient (Wildman–Crippen LogP) is 3.37. The Morgan fingerprint density at radius 1 is 1.33 bits per heavy atom. The number of carbonyl (C=O) groups excluding carboxylic acids is 1. The van der Waals surface area contributed by atoms with Gasteiger partial charge >= 0.3 is 0 Å². The Balaban J connectivity index is 2.25. The van der Waals surface area contributed by atoms with Crippen molar-refractivity contribution in [2.24, 2.45) is 0 Å². The number of rotatable bonds is 7. The van der Waals surface area contributed by atoms with Crippen LogP contribution in [0, 0.1) is 0 Å². The van der Waals surface area contributed by atoms with Gasteiger partial charge < -0.3 is 9.30 Å². The molecule has 2 aromatic rings. The van der Waals surface area contributed by atoms with Crippen LogP contribution in [0.2, 0.25) is 0 Å². The Bertz CT molecular complexity index is 629. The summed E-state index contributed by atoms with van der Waals surface area (Å²) in [5.74, 6) is 1.02. The molecule has 0 bridgehead atoms. The van der Waals surface area contributed by atoms with E-state index in [0.29, 0.717) is 12.8 Å². The second-order valence-electron chi connectivity index (χ2n) is 6.02. The van der Waals surface area contributed by atoms with E-state index in [4.69, 9.17) is 4.74 Å². The number of hydrogen-bond donors (Lipinski definition) is 0. The minimum Gasteiger partial charge on any atom is -0.378 e. The number of benzene rings is 1. The molecule has 4 heteroatoms. The average molecular weight is 288 g/mol. The Morgan fingerprint density at radius 3 is 2.71 bits per heavy atom. The summed E-state index contributed by atoms with van der Waals surface area (Å²) >= 11 is 0. The van der Waals surface area contributed by atoms with Gasteiger partial charge in [-0.3, -0.25) is 4.79 Å². The van der Waals surface area contributed by atoms with E-state index in [1.165, 1.54) is 0 Å². The fourth-order valence-electron chi connectivity index (χ4n) is 2.52. The molecule has 0 fully saturated rings. The number of para-hydroxylation sites is 2. The van der Waals surface area contributed by atoms with Crippen molar-refractivity contribution in [1.82, 2.24) is 9.55 Å². The van der Waals surface area contributed by atoms with Crippen molar-refractivity contribution in [3.8, 4) is 0 Å². The molecule has 2 rings (SSSR count). The van der Waals surface area contributed by atoms with Crippen molar-refractivity contribution < 1.29 is 9.53 Å². The van der Waals surface area contributed by atoms with Gasteiger partial charge in [-0.15, -0.1) is 0 Å². The number of carbonyl (C=O) groups is 1. The fourth-order valence-corrected chi connectivity index (χ4v) is 2.52. The summed E-state index contributed by atoms with van der Waals surface area (Å²) in [6.07, 6.45) is 1.78. The van der Waals surface area contributed by atoms with E-state index in [0.717, 1.165) is 29.8 Å². The van der Waals surface area contributed by atoms with Crippen LogP contribution in [0.5, 0.6) is 0 Å². The predicted molar refractivity (Wildman–Crippen MR) is 84.4 cm³/mol. The molecule has 1 aromatic heterocycles. The maximum atomic E-state index is 12.3. The summed E-state index contributed by atoms with van der Waals surface area (Å²) in [5.41, 5.74) is 1.64. The molecule has 21 heavy (non-hydrogen) atoms. The number of imidazole rings is 1. The fraction of sp³-hybridized carbons (Fsp3) is 0.529. The largest absolute Gasteiger partial charge is 0.378 e. The second kappa shape index (κ2) is 6.39. The van der Waals surface area contributed by atoms with Crippen molar-refractivity contribution in [1.29, 1.82) is 0 Å². The molecule has 0 aliphatic rings. The van der Waals surface area contributed by atoms with Crippen molar-refractivity contribution in [3.05, 3.63) is 30.1 Å². The third-order valence-corrected chi connectivity index (χ3v) is 3.71. The third-order valence-electron chi connectivity index (χ3n) is 3.71. The summed E-state index contributed by atoms with van der Waals surface area (Å²) in [5, 5.41) is 0. The summed E-state index contributed by atoms with van der Waals surface area (Å²) in [7, 11) is 1.64. The van der Waals surface area contributed by atoms with Gasteiger partial charge in [-0.25, -0.2) is 4.98 Å². The molecule has 0 atom stereocenters. The maximum Gasteiger partial charge on any atom is 0.143 e. The van der Waals surface area contributed by atoms with Crippen molar-refractivity contribution >= 4 is 16.8 Å². The average Bonchev–Trinajstić information content (AvgIpc) is 2.77. The molecule has 0 amide bonds. The maximum absolute atomic E-state index is 12.3. The molecule has 0 aliphatic heterocycles. The lowest BCUT2D eigenvalue weighted by Crippen LogP contribution is -2.27. The molecular weight excluding hydrogens is 264 g/mol. The lowest BCUT2D eigenvalue weighted by Gasteiger charge is -2.21. The molecule has 0 unspecified atom stereocenters. The van der Waals surface area contributed by atoms with Gasteiger partial charge in [0, 0.05) is 20.1 Å². The zero-order valence-corrected chi connectivity index (χ0v) is 13.3. The molecule has 0 saturated heterocycles. The SMILES string of the molecule is CCCn1c(CC(=O)CC(C)(C)OC)nc2ccccc21. The van der Waals surface area contributed by atoms with Crippen LogP contribution in [-0.2, 0) is 22.5 Å². The highest BCUT2D eigenvalue weighted by Crippen LogP contribution is 2.19. The van der Waals surface area contributed by atoms with E-state index in [1.807, 2.05) is 32.0 Å². The number of ketones is 1. The van der Waals surface area contributed by atoms with Gasteiger partial charge in [-0.2, -0.15) is 0 Å². The van der Waals surface area contributed by atoms with Crippen LogP contribution in [0.1, 0.15) is 39.4 Å². The molecule has 0 aliphatic carbocycles. The lowest BCUT2D eigenvalue weighted by atomic mass is 10.00. The van der Waals surface area contributed by atoms with Gasteiger partial charge in [-0.05, 0) is 32.4 Å². The molecule has 4 nitrogen and oxygen atoms in total. The number of nitrogens with zero attached hydrogens (tertiary/aromatic N) is 2. The number of hydrogen-bond acceptors (Lipinski definition) is 3. The Kier molecular flexibility index (Phi) is 4.78. The van der Waals surface area contributed by atoms with E-state index in [9.17, 15) is 4.79 Å². The normalized spacial score (nSPS) is 12.0. The van der Waals surface area contributed by atoms with Crippen LogP contribution in [0.25, 0.3) is 11.0 Å². The summed E-state index contributed by atoms with van der Waals surface area (Å²) < 4.78 is 7.49. The second-order valence-corrected chi connectivity index (χ2v) is 6.02. The van der Waals surface area contributed by atoms with Crippen LogP contribution in [0.15, 0.2) is 24.3 Å². The molecule has 0 spiro atoms. The molecule has 0 N–H and O–H groups in total. The van der Waals surface area contributed by atoms with Crippen molar-refractivity contribution in [2.75, 3.05) is 7.11 Å². The zero-order valence-electron chi connectivity index (χ0n) is 13.3. The van der Waals surface area contributed by atoms with Crippen molar-refractivity contribution in [2.45, 2.75) is 52.2 Å². The Hall–Kier alpha value is -1.68. The minimum absolute atomic E-state index is 0.162. The summed E-state index contributed by atoms with van der Waals surface area (Å²) in [4.78, 5) is 16.9. The number of aryl methyl sites for hydroxylation is 1. The standard InChI is InChI=1S/C17H24N2O2/c1-5-10-19-15-9-7-6-8-14(15)18-16(19)11-13(20)12-17(2,3)21-4/h6-9H,5,10-12H2,1-4H3. The summed E-state index contributed by atoms with van der Waals surface area (Å²) in [6.45, 7) is 6.88. The van der Waals surface area contributed by atoms with Crippen LogP contribution >= 0.6 is 0 Å². The van der Waals surface area contributed by atoms with Gasteiger partial charge in [0.2, 0.25) is 0 Å². The molecular formula is C17H24N2O2. The van der Waals surface area contributed by atoms with E-state index >= 15 is 0 Å². The van der Waals surface area contributed by atoms with Crippen LogP contribution in [-0.4, -0.2) is 28.0 Å². The summed E-state index contributed by atoms with van der Waals surface area (Å²) in [6, 6.07) is 8.04. The molecule has 114 valence electrons. The number of ether oxygens (including phenoxy) is 1. The molecule has 0 radical (unpaired) electrons. The van der Waals surface area contributed by atoms with E-state index in [2.05, 4.69) is 22.5 Å². The molecule has 1 aromatic carbocycles. The van der Waals surface area contributed by atoms with Gasteiger partial charge in [0.15, 0.2) is 0 Å². The van der Waals surface area contributed by atoms with Crippen LogP contribution < -0.4 is 0 Å². The number of Topliss-reactive ketones (excluding diaryl/α,β-unsaturated/α-hetero) is 1. The van der Waals surface area contributed by atoms with Crippen molar-refractivity contribution in [3.63, 3.8) is 0 Å². The first-order chi connectivity index (χ1) is 9.96. The Labute approximate surface area is 126 Å². The molecule has 1 heterocycles. The van der Waals surface area contributed by atoms with Gasteiger partial charge in [-0.1, -0.05) is 19.1 Å². The van der Waals surface area contributed by atoms with E-state index < -0.39 is 5.60 Å². The van der Waals surface area contributed by atoms with Crippen LogP contribution in [0.3, 0.4) is 0 Å². The first kappa shape index (κ1) is 15.7. The minimum atomic E-state index is -0.418. The monoisotopic (exact) mass is 288 g/mol. The van der Waals surface area contributed by atoms with E-state index in [-0.39, 0.29) is 5.78 Å². The topological polar surface area (TPSA) is 44.1 Å². The highest BCUT2D eigenvalue weighted by molar-refractivity contribution is 5.83.